The van der Waals surface area contributed by atoms with Crippen molar-refractivity contribution in [1.29, 1.82) is 0 Å². The van der Waals surface area contributed by atoms with Gasteiger partial charge in [0.15, 0.2) is 0 Å². The molecule has 0 saturated carbocycles. The highest BCUT2D eigenvalue weighted by molar-refractivity contribution is 6.30. The monoisotopic (exact) mass is 309 g/mol. The van der Waals surface area contributed by atoms with E-state index in [1.165, 1.54) is 6.92 Å². The van der Waals surface area contributed by atoms with E-state index in [9.17, 15) is 14.4 Å². The van der Waals surface area contributed by atoms with Gasteiger partial charge in [-0.2, -0.15) is 0 Å². The molecule has 1 N–H and O–H groups in total. The van der Waals surface area contributed by atoms with Crippen LogP contribution in [0, 0.1) is 11.8 Å². The molecule has 0 bridgehead atoms. The van der Waals surface area contributed by atoms with E-state index >= 15 is 0 Å². The highest BCUT2D eigenvalue weighted by atomic mass is 35.5. The summed E-state index contributed by atoms with van der Waals surface area (Å²) < 4.78 is 0. The van der Waals surface area contributed by atoms with Crippen molar-refractivity contribution in [2.45, 2.75) is 26.3 Å². The summed E-state index contributed by atoms with van der Waals surface area (Å²) in [6.45, 7) is 3.00. The van der Waals surface area contributed by atoms with E-state index in [0.717, 1.165) is 10.5 Å². The minimum absolute atomic E-state index is 0.395. The minimum atomic E-state index is -1.18. The van der Waals surface area contributed by atoms with Gasteiger partial charge in [-0.1, -0.05) is 30.7 Å². The van der Waals surface area contributed by atoms with Gasteiger partial charge in [-0.05, 0) is 31.0 Å². The van der Waals surface area contributed by atoms with Crippen molar-refractivity contribution in [3.8, 4) is 0 Å². The molecule has 21 heavy (non-hydrogen) atoms. The van der Waals surface area contributed by atoms with E-state index in [-0.39, 0.29) is 0 Å². The van der Waals surface area contributed by atoms with Crippen LogP contribution < -0.4 is 0 Å². The van der Waals surface area contributed by atoms with Gasteiger partial charge < -0.3 is 5.11 Å². The van der Waals surface area contributed by atoms with Crippen molar-refractivity contribution in [2.24, 2.45) is 11.8 Å². The predicted octanol–water partition coefficient (Wildman–Crippen LogP) is 1.98. The van der Waals surface area contributed by atoms with E-state index in [0.29, 0.717) is 11.4 Å². The fraction of sp³-hybridized carbons (Fsp3) is 0.400. The molecular weight excluding hydrogens is 294 g/mol. The summed E-state index contributed by atoms with van der Waals surface area (Å²) in [4.78, 5) is 36.4. The van der Waals surface area contributed by atoms with Crippen molar-refractivity contribution in [3.05, 3.63) is 34.9 Å². The summed E-state index contributed by atoms with van der Waals surface area (Å²) in [7, 11) is 0. The Balaban J connectivity index is 2.21. The number of benzene rings is 1. The lowest BCUT2D eigenvalue weighted by Crippen LogP contribution is -2.43. The summed E-state index contributed by atoms with van der Waals surface area (Å²) in [5, 5.41) is 9.61. The lowest BCUT2D eigenvalue weighted by molar-refractivity contribution is -0.154. The third-order valence-electron chi connectivity index (χ3n) is 3.90. The van der Waals surface area contributed by atoms with Crippen LogP contribution in [0.3, 0.4) is 0 Å². The summed E-state index contributed by atoms with van der Waals surface area (Å²) in [5.41, 5.74) is 0.891. The predicted molar refractivity (Wildman–Crippen MR) is 76.8 cm³/mol. The quantitative estimate of drug-likeness (QED) is 0.863. The zero-order valence-electron chi connectivity index (χ0n) is 11.7. The van der Waals surface area contributed by atoms with Gasteiger partial charge in [-0.3, -0.25) is 14.5 Å². The molecule has 1 aromatic carbocycles. The molecule has 2 amide bonds. The van der Waals surface area contributed by atoms with Crippen LogP contribution in [0.5, 0.6) is 0 Å². The zero-order valence-corrected chi connectivity index (χ0v) is 12.5. The highest BCUT2D eigenvalue weighted by Crippen LogP contribution is 2.30. The number of amides is 2. The molecule has 2 rings (SSSR count). The number of nitrogens with zero attached hydrogens (tertiary/aromatic N) is 1. The maximum atomic E-state index is 12.4. The van der Waals surface area contributed by atoms with Crippen LogP contribution in [0.1, 0.15) is 19.4 Å². The average Bonchev–Trinajstić information content (AvgIpc) is 2.64. The van der Waals surface area contributed by atoms with Crippen molar-refractivity contribution >= 4 is 29.4 Å². The molecule has 1 aliphatic rings. The van der Waals surface area contributed by atoms with Crippen molar-refractivity contribution in [2.75, 3.05) is 0 Å². The molecule has 112 valence electrons. The number of hydrogen-bond acceptors (Lipinski definition) is 3. The van der Waals surface area contributed by atoms with E-state index in [1.54, 1.807) is 31.2 Å². The summed E-state index contributed by atoms with van der Waals surface area (Å²) in [5.74, 6) is -3.07. The topological polar surface area (TPSA) is 74.7 Å². The number of hydrogen-bond donors (Lipinski definition) is 1. The first-order valence-electron chi connectivity index (χ1n) is 6.67. The highest BCUT2D eigenvalue weighted by Gasteiger charge is 2.48. The number of carbonyl (C=O) groups excluding carboxylic acids is 2. The van der Waals surface area contributed by atoms with Gasteiger partial charge in [0, 0.05) is 10.9 Å². The molecule has 0 aliphatic carbocycles. The first-order chi connectivity index (χ1) is 9.82. The van der Waals surface area contributed by atoms with E-state index in [4.69, 9.17) is 16.7 Å². The van der Waals surface area contributed by atoms with Crippen LogP contribution in [-0.4, -0.2) is 33.8 Å². The van der Waals surface area contributed by atoms with Crippen LogP contribution in [0.4, 0.5) is 0 Å². The van der Waals surface area contributed by atoms with Crippen LogP contribution in [0.2, 0.25) is 5.02 Å². The Bertz CT molecular complexity index is 584. The maximum Gasteiger partial charge on any atom is 0.326 e. The van der Waals surface area contributed by atoms with Gasteiger partial charge in [-0.25, -0.2) is 4.79 Å². The minimum Gasteiger partial charge on any atom is -0.480 e. The Kier molecular flexibility index (Phi) is 4.32. The van der Waals surface area contributed by atoms with Crippen LogP contribution in [0.25, 0.3) is 0 Å². The zero-order chi connectivity index (χ0) is 15.7. The second-order valence-electron chi connectivity index (χ2n) is 5.29. The summed E-state index contributed by atoms with van der Waals surface area (Å²) in [6, 6.07) is 5.91. The third-order valence-corrected chi connectivity index (χ3v) is 4.15. The third kappa shape index (κ3) is 2.93. The number of carboxylic acid groups (broad SMARTS) is 1. The number of aliphatic carboxylic acids is 1. The number of carboxylic acids is 1. The number of rotatable bonds is 4. The van der Waals surface area contributed by atoms with E-state index in [2.05, 4.69) is 0 Å². The smallest absolute Gasteiger partial charge is 0.326 e. The molecule has 1 aliphatic heterocycles. The normalized spacial score (nSPS) is 23.5. The lowest BCUT2D eigenvalue weighted by Gasteiger charge is -2.19. The Morgan fingerprint density at radius 2 is 1.86 bits per heavy atom. The molecule has 0 spiro atoms. The molecule has 6 heteroatoms. The molecule has 3 unspecified atom stereocenters. The largest absolute Gasteiger partial charge is 0.480 e. The number of likely N-dealkylation sites (tertiary alicyclic amines) is 1. The van der Waals surface area contributed by atoms with Crippen molar-refractivity contribution < 1.29 is 19.5 Å². The molecule has 1 saturated heterocycles. The second-order valence-corrected chi connectivity index (χ2v) is 5.72. The second kappa shape index (κ2) is 5.85. The number of carbonyl (C=O) groups is 3. The summed E-state index contributed by atoms with van der Waals surface area (Å²) in [6.07, 6.45) is 0.395. The number of halogens is 1. The molecular formula is C15H16ClNO4. The Morgan fingerprint density at radius 1 is 1.29 bits per heavy atom. The van der Waals surface area contributed by atoms with Gasteiger partial charge in [-0.15, -0.1) is 0 Å². The molecule has 3 atom stereocenters. The van der Waals surface area contributed by atoms with Crippen LogP contribution >= 0.6 is 11.6 Å². The van der Waals surface area contributed by atoms with E-state index < -0.39 is 35.7 Å². The standard InChI is InChI=1S/C15H16ClNO4/c1-8-12(7-10-3-5-11(16)6-4-10)14(19)17(13(8)18)9(2)15(20)21/h3-6,8-9,12H,7H2,1-2H3,(H,20,21). The first-order valence-corrected chi connectivity index (χ1v) is 7.05. The Hall–Kier alpha value is -1.88. The van der Waals surface area contributed by atoms with E-state index in [1.807, 2.05) is 0 Å². The Morgan fingerprint density at radius 3 is 2.38 bits per heavy atom. The van der Waals surface area contributed by atoms with Crippen LogP contribution in [0.15, 0.2) is 24.3 Å². The van der Waals surface area contributed by atoms with Gasteiger partial charge in [0.05, 0.1) is 5.92 Å². The van der Waals surface area contributed by atoms with Crippen molar-refractivity contribution in [1.82, 2.24) is 4.90 Å². The SMILES string of the molecule is CC1C(=O)N(C(C)C(=O)O)C(=O)C1Cc1ccc(Cl)cc1. The maximum absolute atomic E-state index is 12.4. The molecule has 0 aromatic heterocycles. The average molecular weight is 310 g/mol. The van der Waals surface area contributed by atoms with Crippen molar-refractivity contribution in [3.63, 3.8) is 0 Å². The molecule has 5 nitrogen and oxygen atoms in total. The molecule has 1 aromatic rings. The Labute approximate surface area is 127 Å². The van der Waals surface area contributed by atoms with Gasteiger partial charge in [0.1, 0.15) is 6.04 Å². The molecule has 1 heterocycles. The summed E-state index contributed by atoms with van der Waals surface area (Å²) >= 11 is 5.81. The fourth-order valence-corrected chi connectivity index (χ4v) is 2.65. The lowest BCUT2D eigenvalue weighted by atomic mass is 9.90. The van der Waals surface area contributed by atoms with Gasteiger partial charge in [0.25, 0.3) is 0 Å². The van der Waals surface area contributed by atoms with Gasteiger partial charge >= 0.3 is 5.97 Å². The fourth-order valence-electron chi connectivity index (χ4n) is 2.52. The first kappa shape index (κ1) is 15.5. The molecule has 1 fully saturated rings. The van der Waals surface area contributed by atoms with Gasteiger partial charge in [0.2, 0.25) is 11.8 Å². The number of imide groups is 1. The molecule has 0 radical (unpaired) electrons. The van der Waals surface area contributed by atoms with Crippen LogP contribution in [-0.2, 0) is 20.8 Å².